The van der Waals surface area contributed by atoms with Crippen LogP contribution in [-0.4, -0.2) is 12.1 Å². The molecule has 0 aliphatic rings. The lowest BCUT2D eigenvalue weighted by molar-refractivity contribution is 0.387. The van der Waals surface area contributed by atoms with Gasteiger partial charge in [0.05, 0.1) is 12.8 Å². The molecule has 0 saturated carbocycles. The predicted octanol–water partition coefficient (Wildman–Crippen LogP) is 4.91. The minimum Gasteiger partial charge on any atom is -0.494 e. The minimum atomic E-state index is -0.391. The van der Waals surface area contributed by atoms with Gasteiger partial charge in [0, 0.05) is 22.7 Å². The Kier molecular flexibility index (Phi) is 3.85. The van der Waals surface area contributed by atoms with Gasteiger partial charge < -0.3 is 14.5 Å². The summed E-state index contributed by atoms with van der Waals surface area (Å²) < 4.78 is 23.9. The monoisotopic (exact) mass is 318 g/mol. The highest BCUT2D eigenvalue weighted by Gasteiger charge is 2.12. The number of methoxy groups -OCH3 is 1. The summed E-state index contributed by atoms with van der Waals surface area (Å²) in [6, 6.07) is 6.57. The number of rotatable bonds is 4. The third-order valence-electron chi connectivity index (χ3n) is 3.22. The van der Waals surface area contributed by atoms with Crippen LogP contribution in [0.3, 0.4) is 0 Å². The summed E-state index contributed by atoms with van der Waals surface area (Å²) >= 11 is 1.48. The minimum absolute atomic E-state index is 0.197. The molecule has 0 fully saturated rings. The van der Waals surface area contributed by atoms with Gasteiger partial charge in [-0.3, -0.25) is 0 Å². The lowest BCUT2D eigenvalue weighted by atomic mass is 10.2. The van der Waals surface area contributed by atoms with Gasteiger partial charge in [-0.15, -0.1) is 11.3 Å². The van der Waals surface area contributed by atoms with Crippen molar-refractivity contribution in [2.75, 3.05) is 12.4 Å². The highest BCUT2D eigenvalue weighted by atomic mass is 32.1. The maximum atomic E-state index is 13.4. The number of ether oxygens (including phenoxy) is 1. The van der Waals surface area contributed by atoms with Gasteiger partial charge in [0.1, 0.15) is 11.5 Å². The first-order chi connectivity index (χ1) is 10.6. The van der Waals surface area contributed by atoms with E-state index in [0.717, 1.165) is 33.6 Å². The van der Waals surface area contributed by atoms with E-state index in [1.165, 1.54) is 24.5 Å². The quantitative estimate of drug-likeness (QED) is 0.742. The molecule has 114 valence electrons. The summed E-state index contributed by atoms with van der Waals surface area (Å²) in [4.78, 5) is 4.54. The van der Waals surface area contributed by atoms with Crippen molar-refractivity contribution >= 4 is 22.2 Å². The Bertz CT molecular complexity index is 810. The molecule has 2 heterocycles. The van der Waals surface area contributed by atoms with Crippen molar-refractivity contribution in [2.24, 2.45) is 0 Å². The Balaban J connectivity index is 1.84. The van der Waals surface area contributed by atoms with E-state index in [1.54, 1.807) is 12.1 Å². The zero-order valence-electron chi connectivity index (χ0n) is 12.4. The molecule has 0 spiro atoms. The van der Waals surface area contributed by atoms with Crippen LogP contribution in [0.5, 0.6) is 5.75 Å². The van der Waals surface area contributed by atoms with Crippen LogP contribution in [0.25, 0.3) is 11.3 Å². The molecule has 0 radical (unpaired) electrons. The zero-order chi connectivity index (χ0) is 15.7. The third kappa shape index (κ3) is 2.82. The fraction of sp³-hybridized carbons (Fsp3) is 0.188. The largest absolute Gasteiger partial charge is 0.494 e. The Hall–Kier alpha value is -2.34. The van der Waals surface area contributed by atoms with Crippen molar-refractivity contribution in [2.45, 2.75) is 13.8 Å². The number of nitrogens with one attached hydrogen (secondary N) is 1. The van der Waals surface area contributed by atoms with Crippen LogP contribution in [-0.2, 0) is 0 Å². The molecule has 6 heteroatoms. The smallest absolute Gasteiger partial charge is 0.187 e. The molecular formula is C16H15FN2O2S. The molecule has 2 aromatic heterocycles. The van der Waals surface area contributed by atoms with Crippen LogP contribution in [0.1, 0.15) is 11.5 Å². The van der Waals surface area contributed by atoms with E-state index in [1.807, 2.05) is 25.3 Å². The predicted molar refractivity (Wildman–Crippen MR) is 85.5 cm³/mol. The Morgan fingerprint density at radius 1 is 1.27 bits per heavy atom. The van der Waals surface area contributed by atoms with Crippen LogP contribution >= 0.6 is 11.3 Å². The molecule has 0 saturated heterocycles. The van der Waals surface area contributed by atoms with E-state index in [4.69, 9.17) is 9.15 Å². The molecule has 22 heavy (non-hydrogen) atoms. The molecule has 0 amide bonds. The third-order valence-corrected chi connectivity index (χ3v) is 3.98. The van der Waals surface area contributed by atoms with Gasteiger partial charge in [0.25, 0.3) is 0 Å². The average Bonchev–Trinajstić information content (AvgIpc) is 3.07. The summed E-state index contributed by atoms with van der Waals surface area (Å²) in [5, 5.41) is 5.84. The Morgan fingerprint density at radius 3 is 2.77 bits per heavy atom. The summed E-state index contributed by atoms with van der Waals surface area (Å²) in [7, 11) is 1.44. The SMILES string of the molecule is COc1cc(Nc2nc(-c3cc(C)oc3C)cs2)ccc1F. The van der Waals surface area contributed by atoms with Crippen molar-refractivity contribution in [3.05, 3.63) is 47.0 Å². The molecule has 0 unspecified atom stereocenters. The Morgan fingerprint density at radius 2 is 2.09 bits per heavy atom. The number of aromatic nitrogens is 1. The fourth-order valence-electron chi connectivity index (χ4n) is 2.20. The second-order valence-corrected chi connectivity index (χ2v) is 5.70. The van der Waals surface area contributed by atoms with Crippen molar-refractivity contribution < 1.29 is 13.5 Å². The van der Waals surface area contributed by atoms with Gasteiger partial charge in [-0.25, -0.2) is 9.37 Å². The molecule has 0 atom stereocenters. The van der Waals surface area contributed by atoms with Gasteiger partial charge in [-0.2, -0.15) is 0 Å². The van der Waals surface area contributed by atoms with E-state index in [0.29, 0.717) is 0 Å². The standard InChI is InChI=1S/C16H15FN2O2S/c1-9-6-12(10(2)21-9)14-8-22-16(19-14)18-11-4-5-13(17)15(7-11)20-3/h4-8H,1-3H3,(H,18,19). The lowest BCUT2D eigenvalue weighted by Gasteiger charge is -2.06. The summed E-state index contributed by atoms with van der Waals surface area (Å²) in [6.45, 7) is 3.83. The number of thiazole rings is 1. The second kappa shape index (κ2) is 5.81. The van der Waals surface area contributed by atoms with Crippen LogP contribution in [0.2, 0.25) is 0 Å². The summed E-state index contributed by atoms with van der Waals surface area (Å²) in [5.41, 5.74) is 2.56. The van der Waals surface area contributed by atoms with Crippen LogP contribution in [0.4, 0.5) is 15.2 Å². The lowest BCUT2D eigenvalue weighted by Crippen LogP contribution is -1.93. The van der Waals surface area contributed by atoms with Crippen molar-refractivity contribution in [3.63, 3.8) is 0 Å². The number of hydrogen-bond acceptors (Lipinski definition) is 5. The van der Waals surface area contributed by atoms with Crippen LogP contribution in [0.15, 0.2) is 34.1 Å². The molecule has 3 rings (SSSR count). The zero-order valence-corrected chi connectivity index (χ0v) is 13.3. The topological polar surface area (TPSA) is 47.3 Å². The van der Waals surface area contributed by atoms with E-state index in [-0.39, 0.29) is 5.75 Å². The molecule has 0 bridgehead atoms. The second-order valence-electron chi connectivity index (χ2n) is 4.84. The Labute approximate surface area is 131 Å². The van der Waals surface area contributed by atoms with Gasteiger partial charge in [0.15, 0.2) is 16.7 Å². The van der Waals surface area contributed by atoms with Gasteiger partial charge in [-0.05, 0) is 32.0 Å². The first-order valence-electron chi connectivity index (χ1n) is 6.70. The van der Waals surface area contributed by atoms with Crippen molar-refractivity contribution in [3.8, 4) is 17.0 Å². The number of anilines is 2. The average molecular weight is 318 g/mol. The molecule has 0 aliphatic heterocycles. The highest BCUT2D eigenvalue weighted by molar-refractivity contribution is 7.14. The van der Waals surface area contributed by atoms with E-state index in [9.17, 15) is 4.39 Å². The summed E-state index contributed by atoms with van der Waals surface area (Å²) in [6.07, 6.45) is 0. The first-order valence-corrected chi connectivity index (χ1v) is 7.58. The number of hydrogen-bond donors (Lipinski definition) is 1. The maximum Gasteiger partial charge on any atom is 0.187 e. The molecule has 4 nitrogen and oxygen atoms in total. The number of benzene rings is 1. The molecule has 1 N–H and O–H groups in total. The highest BCUT2D eigenvalue weighted by Crippen LogP contribution is 2.31. The van der Waals surface area contributed by atoms with E-state index < -0.39 is 5.82 Å². The van der Waals surface area contributed by atoms with Gasteiger partial charge in [0.2, 0.25) is 0 Å². The molecule has 1 aromatic carbocycles. The van der Waals surface area contributed by atoms with Crippen molar-refractivity contribution in [1.82, 2.24) is 4.98 Å². The first kappa shape index (κ1) is 14.6. The number of aryl methyl sites for hydroxylation is 2. The van der Waals surface area contributed by atoms with Crippen LogP contribution < -0.4 is 10.1 Å². The van der Waals surface area contributed by atoms with Crippen molar-refractivity contribution in [1.29, 1.82) is 0 Å². The fourth-order valence-corrected chi connectivity index (χ4v) is 2.93. The number of furan rings is 1. The van der Waals surface area contributed by atoms with Crippen LogP contribution in [0, 0.1) is 19.7 Å². The molecule has 3 aromatic rings. The number of halogens is 1. The maximum absolute atomic E-state index is 13.4. The normalized spacial score (nSPS) is 10.7. The molecular weight excluding hydrogens is 303 g/mol. The number of nitrogens with zero attached hydrogens (tertiary/aromatic N) is 1. The van der Waals surface area contributed by atoms with E-state index >= 15 is 0 Å². The van der Waals surface area contributed by atoms with Gasteiger partial charge >= 0.3 is 0 Å². The molecule has 0 aliphatic carbocycles. The van der Waals surface area contributed by atoms with Gasteiger partial charge in [-0.1, -0.05) is 0 Å². The van der Waals surface area contributed by atoms with E-state index in [2.05, 4.69) is 10.3 Å². The summed E-state index contributed by atoms with van der Waals surface area (Å²) in [5.74, 6) is 1.51.